The summed E-state index contributed by atoms with van der Waals surface area (Å²) in [6.45, 7) is 4.33. The third-order valence-corrected chi connectivity index (χ3v) is 3.68. The fourth-order valence-corrected chi connectivity index (χ4v) is 2.33. The van der Waals surface area contributed by atoms with Crippen molar-refractivity contribution in [1.82, 2.24) is 0 Å². The normalized spacial score (nSPS) is 13.5. The molecular weight excluding hydrogens is 268 g/mol. The van der Waals surface area contributed by atoms with E-state index in [9.17, 15) is 0 Å². The van der Waals surface area contributed by atoms with Gasteiger partial charge in [0.2, 0.25) is 0 Å². The van der Waals surface area contributed by atoms with E-state index in [0.717, 1.165) is 11.1 Å². The van der Waals surface area contributed by atoms with Crippen LogP contribution in [0.4, 0.5) is 0 Å². The molecule has 2 nitrogen and oxygen atoms in total. The van der Waals surface area contributed by atoms with E-state index in [4.69, 9.17) is 10.5 Å². The van der Waals surface area contributed by atoms with Gasteiger partial charge in [-0.05, 0) is 22.6 Å². The predicted octanol–water partition coefficient (Wildman–Crippen LogP) is 4.91. The Balaban J connectivity index is 2.30. The standard InChI is InChI=1S/C20H18N2/c1-15(2)17-10-7-16(8-11-17)9-12-20(19(13-21)14-22)18-5-3-4-6-18/h3-12,15,18H,1-2H3/b12-9+. The lowest BCUT2D eigenvalue weighted by Crippen LogP contribution is -1.96. The van der Waals surface area contributed by atoms with Gasteiger partial charge in [0.05, 0.1) is 0 Å². The summed E-state index contributed by atoms with van der Waals surface area (Å²) >= 11 is 0. The van der Waals surface area contributed by atoms with Crippen molar-refractivity contribution in [1.29, 1.82) is 10.5 Å². The first-order valence-electron chi connectivity index (χ1n) is 7.33. The molecule has 0 unspecified atom stereocenters. The van der Waals surface area contributed by atoms with Crippen molar-refractivity contribution >= 4 is 6.08 Å². The van der Waals surface area contributed by atoms with Gasteiger partial charge in [0.25, 0.3) is 0 Å². The van der Waals surface area contributed by atoms with Crippen molar-refractivity contribution in [3.63, 3.8) is 0 Å². The fraction of sp³-hybridized carbons (Fsp3) is 0.200. The summed E-state index contributed by atoms with van der Waals surface area (Å²) in [5.41, 5.74) is 3.26. The molecule has 0 bridgehead atoms. The van der Waals surface area contributed by atoms with E-state index < -0.39 is 0 Å². The minimum absolute atomic E-state index is 0.000451. The number of hydrogen-bond donors (Lipinski definition) is 0. The zero-order chi connectivity index (χ0) is 15.9. The summed E-state index contributed by atoms with van der Waals surface area (Å²) in [4.78, 5) is 0. The number of rotatable bonds is 4. The SMILES string of the molecule is CC(C)c1ccc(/C=C/C(=C(C#N)C#N)C2C=CC=C2)cc1. The zero-order valence-electron chi connectivity index (χ0n) is 12.8. The minimum Gasteiger partial charge on any atom is -0.192 e. The lowest BCUT2D eigenvalue weighted by Gasteiger charge is -2.08. The van der Waals surface area contributed by atoms with Crippen LogP contribution in [-0.2, 0) is 0 Å². The molecule has 2 rings (SSSR count). The monoisotopic (exact) mass is 286 g/mol. The van der Waals surface area contributed by atoms with Crippen molar-refractivity contribution in [2.45, 2.75) is 19.8 Å². The minimum atomic E-state index is 0.000451. The van der Waals surface area contributed by atoms with Gasteiger partial charge < -0.3 is 0 Å². The van der Waals surface area contributed by atoms with Crippen LogP contribution in [-0.4, -0.2) is 0 Å². The molecule has 0 radical (unpaired) electrons. The van der Waals surface area contributed by atoms with E-state index >= 15 is 0 Å². The molecule has 0 saturated carbocycles. The summed E-state index contributed by atoms with van der Waals surface area (Å²) in [5, 5.41) is 18.3. The van der Waals surface area contributed by atoms with E-state index in [2.05, 4.69) is 38.1 Å². The second kappa shape index (κ2) is 7.25. The van der Waals surface area contributed by atoms with Crippen molar-refractivity contribution in [2.75, 3.05) is 0 Å². The molecule has 0 amide bonds. The first kappa shape index (κ1) is 15.5. The quantitative estimate of drug-likeness (QED) is 0.583. The van der Waals surface area contributed by atoms with Crippen LogP contribution in [0, 0.1) is 28.6 Å². The van der Waals surface area contributed by atoms with Crippen LogP contribution in [0.3, 0.4) is 0 Å². The molecule has 0 saturated heterocycles. The molecule has 1 aromatic rings. The predicted molar refractivity (Wildman–Crippen MR) is 89.6 cm³/mol. The first-order chi connectivity index (χ1) is 10.7. The molecule has 0 aromatic heterocycles. The zero-order valence-corrected chi connectivity index (χ0v) is 12.8. The summed E-state index contributed by atoms with van der Waals surface area (Å²) in [5.74, 6) is 0.506. The highest BCUT2D eigenvalue weighted by Gasteiger charge is 2.13. The fourth-order valence-electron chi connectivity index (χ4n) is 2.33. The van der Waals surface area contributed by atoms with Crippen molar-refractivity contribution in [3.05, 3.63) is 76.9 Å². The van der Waals surface area contributed by atoms with Crippen molar-refractivity contribution in [3.8, 4) is 12.1 Å². The molecule has 0 aliphatic heterocycles. The van der Waals surface area contributed by atoms with Crippen molar-refractivity contribution < 1.29 is 0 Å². The molecule has 108 valence electrons. The summed E-state index contributed by atoms with van der Waals surface area (Å²) in [6.07, 6.45) is 11.7. The Hall–Kier alpha value is -2.84. The van der Waals surface area contributed by atoms with Crippen LogP contribution in [0.25, 0.3) is 6.08 Å². The third kappa shape index (κ3) is 3.62. The molecule has 22 heavy (non-hydrogen) atoms. The van der Waals surface area contributed by atoms with Gasteiger partial charge in [0.15, 0.2) is 0 Å². The number of benzene rings is 1. The Morgan fingerprint density at radius 1 is 1.05 bits per heavy atom. The number of hydrogen-bond acceptors (Lipinski definition) is 2. The van der Waals surface area contributed by atoms with E-state index in [-0.39, 0.29) is 11.5 Å². The number of nitrogens with zero attached hydrogens (tertiary/aromatic N) is 2. The highest BCUT2D eigenvalue weighted by atomic mass is 14.3. The van der Waals surface area contributed by atoms with Gasteiger partial charge in [-0.15, -0.1) is 0 Å². The Morgan fingerprint density at radius 3 is 2.14 bits per heavy atom. The van der Waals surface area contributed by atoms with Crippen LogP contribution in [0.2, 0.25) is 0 Å². The summed E-state index contributed by atoms with van der Waals surface area (Å²) in [6, 6.07) is 12.3. The van der Waals surface area contributed by atoms with Gasteiger partial charge in [-0.25, -0.2) is 0 Å². The van der Waals surface area contributed by atoms with E-state index in [1.807, 2.05) is 48.6 Å². The van der Waals surface area contributed by atoms with Gasteiger partial charge in [0.1, 0.15) is 17.7 Å². The Labute approximate surface area is 132 Å². The van der Waals surface area contributed by atoms with Crippen LogP contribution < -0.4 is 0 Å². The molecule has 1 aliphatic carbocycles. The Bertz CT molecular complexity index is 701. The number of allylic oxidation sites excluding steroid dienone is 7. The molecule has 1 aromatic carbocycles. The molecular formula is C20H18N2. The summed E-state index contributed by atoms with van der Waals surface area (Å²) in [7, 11) is 0. The molecule has 2 heteroatoms. The van der Waals surface area contributed by atoms with Crippen LogP contribution >= 0.6 is 0 Å². The van der Waals surface area contributed by atoms with Gasteiger partial charge in [-0.1, -0.05) is 74.6 Å². The largest absolute Gasteiger partial charge is 0.192 e. The number of nitriles is 2. The topological polar surface area (TPSA) is 47.6 Å². The molecule has 0 fully saturated rings. The van der Waals surface area contributed by atoms with Crippen LogP contribution in [0.5, 0.6) is 0 Å². The van der Waals surface area contributed by atoms with Gasteiger partial charge in [-0.2, -0.15) is 10.5 Å². The molecule has 0 spiro atoms. The second-order valence-corrected chi connectivity index (χ2v) is 5.50. The first-order valence-corrected chi connectivity index (χ1v) is 7.33. The smallest absolute Gasteiger partial charge is 0.133 e. The van der Waals surface area contributed by atoms with Gasteiger partial charge in [0, 0.05) is 5.92 Å². The van der Waals surface area contributed by atoms with Crippen molar-refractivity contribution in [2.24, 2.45) is 5.92 Å². The average molecular weight is 286 g/mol. The maximum atomic E-state index is 9.14. The van der Waals surface area contributed by atoms with Gasteiger partial charge >= 0.3 is 0 Å². The Kier molecular flexibility index (Phi) is 5.12. The maximum Gasteiger partial charge on any atom is 0.133 e. The lowest BCUT2D eigenvalue weighted by atomic mass is 9.94. The molecule has 0 atom stereocenters. The highest BCUT2D eigenvalue weighted by molar-refractivity contribution is 5.59. The average Bonchev–Trinajstić information content (AvgIpc) is 3.06. The summed E-state index contributed by atoms with van der Waals surface area (Å²) < 4.78 is 0. The highest BCUT2D eigenvalue weighted by Crippen LogP contribution is 2.24. The van der Waals surface area contributed by atoms with Crippen LogP contribution in [0.15, 0.2) is 65.8 Å². The van der Waals surface area contributed by atoms with Crippen LogP contribution in [0.1, 0.15) is 30.9 Å². The Morgan fingerprint density at radius 2 is 1.64 bits per heavy atom. The third-order valence-electron chi connectivity index (χ3n) is 3.68. The maximum absolute atomic E-state index is 9.14. The second-order valence-electron chi connectivity index (χ2n) is 5.50. The molecule has 1 aliphatic rings. The van der Waals surface area contributed by atoms with E-state index in [0.29, 0.717) is 5.92 Å². The molecule has 0 N–H and O–H groups in total. The lowest BCUT2D eigenvalue weighted by molar-refractivity contribution is 0.866. The van der Waals surface area contributed by atoms with E-state index in [1.54, 1.807) is 0 Å². The molecule has 0 heterocycles. The van der Waals surface area contributed by atoms with E-state index in [1.165, 1.54) is 5.56 Å². The van der Waals surface area contributed by atoms with Gasteiger partial charge in [-0.3, -0.25) is 0 Å².